The van der Waals surface area contributed by atoms with Gasteiger partial charge in [0, 0.05) is 44.1 Å². The minimum Gasteiger partial charge on any atom is -0.488 e. The number of hydrogen-bond acceptors (Lipinski definition) is 3. The number of aryl methyl sites for hydroxylation is 1. The molecule has 2 heterocycles. The zero-order valence-electron chi connectivity index (χ0n) is 16.6. The summed E-state index contributed by atoms with van der Waals surface area (Å²) in [6.07, 6.45) is 5.51. The van der Waals surface area contributed by atoms with Crippen molar-refractivity contribution in [3.8, 4) is 5.75 Å². The van der Waals surface area contributed by atoms with Crippen molar-refractivity contribution in [1.82, 2.24) is 15.2 Å². The topological polar surface area (TPSA) is 54.5 Å². The smallest absolute Gasteiger partial charge is 0.317 e. The molecule has 2 amide bonds. The summed E-state index contributed by atoms with van der Waals surface area (Å²) in [5.41, 5.74) is 2.20. The first-order chi connectivity index (χ1) is 14.3. The summed E-state index contributed by atoms with van der Waals surface area (Å²) in [6, 6.07) is 20.4. The summed E-state index contributed by atoms with van der Waals surface area (Å²) in [5, 5.41) is 4.13. The second kappa shape index (κ2) is 9.41. The predicted octanol–water partition coefficient (Wildman–Crippen LogP) is 4.42. The highest BCUT2D eigenvalue weighted by Crippen LogP contribution is 2.26. The highest BCUT2D eigenvalue weighted by Gasteiger charge is 2.24. The molecule has 0 bridgehead atoms. The molecule has 3 aromatic rings. The van der Waals surface area contributed by atoms with Crippen molar-refractivity contribution in [2.24, 2.45) is 0 Å². The van der Waals surface area contributed by atoms with E-state index in [0.29, 0.717) is 19.6 Å². The van der Waals surface area contributed by atoms with Gasteiger partial charge in [-0.1, -0.05) is 48.5 Å². The van der Waals surface area contributed by atoms with E-state index in [1.807, 2.05) is 41.3 Å². The Balaban J connectivity index is 1.21. The molecule has 1 N–H and O–H groups in total. The van der Waals surface area contributed by atoms with Gasteiger partial charge in [-0.2, -0.15) is 0 Å². The van der Waals surface area contributed by atoms with Gasteiger partial charge in [0.25, 0.3) is 0 Å². The highest BCUT2D eigenvalue weighted by atomic mass is 16.5. The molecule has 4 rings (SSSR count). The fourth-order valence-corrected chi connectivity index (χ4v) is 3.77. The van der Waals surface area contributed by atoms with Crippen molar-refractivity contribution in [2.45, 2.75) is 31.8 Å². The summed E-state index contributed by atoms with van der Waals surface area (Å²) in [7, 11) is 0. The maximum atomic E-state index is 12.4. The fourth-order valence-electron chi connectivity index (χ4n) is 3.77. The van der Waals surface area contributed by atoms with Crippen molar-refractivity contribution in [3.63, 3.8) is 0 Å². The minimum absolute atomic E-state index is 0.0309. The number of carbonyl (C=O) groups excluding carboxylic acids is 1. The van der Waals surface area contributed by atoms with E-state index in [1.165, 1.54) is 5.56 Å². The maximum Gasteiger partial charge on any atom is 0.317 e. The molecule has 0 aliphatic carbocycles. The van der Waals surface area contributed by atoms with Crippen LogP contribution in [0, 0.1) is 0 Å². The molecule has 0 unspecified atom stereocenters. The molecular weight excluding hydrogens is 362 g/mol. The number of benzene rings is 2. The minimum atomic E-state index is 0.0309. The van der Waals surface area contributed by atoms with E-state index in [1.54, 1.807) is 6.20 Å². The number of aromatic nitrogens is 1. The molecule has 5 heteroatoms. The number of fused-ring (bicyclic) bond motifs is 1. The van der Waals surface area contributed by atoms with Gasteiger partial charge in [0.1, 0.15) is 17.4 Å². The molecule has 1 aliphatic heterocycles. The molecule has 2 aromatic carbocycles. The first kappa shape index (κ1) is 19.2. The van der Waals surface area contributed by atoms with Crippen LogP contribution in [-0.2, 0) is 6.42 Å². The van der Waals surface area contributed by atoms with Crippen LogP contribution in [-0.4, -0.2) is 41.7 Å². The van der Waals surface area contributed by atoms with Crippen molar-refractivity contribution in [3.05, 3.63) is 72.4 Å². The molecule has 1 aliphatic rings. The molecule has 0 spiro atoms. The SMILES string of the molecule is O=C(NCCCc1ccccc1)N1CCC(Oc2cccc3cccnc23)CC1. The number of urea groups is 1. The highest BCUT2D eigenvalue weighted by molar-refractivity contribution is 5.84. The zero-order valence-corrected chi connectivity index (χ0v) is 16.6. The first-order valence-corrected chi connectivity index (χ1v) is 10.4. The van der Waals surface area contributed by atoms with E-state index < -0.39 is 0 Å². The quantitative estimate of drug-likeness (QED) is 0.635. The summed E-state index contributed by atoms with van der Waals surface area (Å²) >= 11 is 0. The molecule has 1 saturated heterocycles. The van der Waals surface area contributed by atoms with Gasteiger partial charge in [0.05, 0.1) is 0 Å². The van der Waals surface area contributed by atoms with Gasteiger partial charge >= 0.3 is 6.03 Å². The van der Waals surface area contributed by atoms with Gasteiger partial charge in [-0.05, 0) is 30.5 Å². The molecular formula is C24H27N3O2. The van der Waals surface area contributed by atoms with Crippen LogP contribution in [0.15, 0.2) is 66.9 Å². The van der Waals surface area contributed by atoms with Gasteiger partial charge in [-0.15, -0.1) is 0 Å². The van der Waals surface area contributed by atoms with E-state index >= 15 is 0 Å². The van der Waals surface area contributed by atoms with E-state index in [-0.39, 0.29) is 12.1 Å². The van der Waals surface area contributed by atoms with Crippen molar-refractivity contribution >= 4 is 16.9 Å². The molecule has 0 saturated carbocycles. The normalized spacial score (nSPS) is 14.7. The number of nitrogens with one attached hydrogen (secondary N) is 1. The maximum absolute atomic E-state index is 12.4. The second-order valence-electron chi connectivity index (χ2n) is 7.46. The van der Waals surface area contributed by atoms with Crippen LogP contribution in [0.3, 0.4) is 0 Å². The Bertz CT molecular complexity index is 932. The average Bonchev–Trinajstić information content (AvgIpc) is 2.78. The standard InChI is InChI=1S/C24H27N3O2/c28-24(26-16-5-9-19-7-2-1-3-8-19)27-17-13-21(14-18-27)29-22-12-4-10-20-11-6-15-25-23(20)22/h1-4,6-8,10-12,15,21H,5,9,13-14,16-18H2,(H,26,28). The molecule has 150 valence electrons. The molecule has 29 heavy (non-hydrogen) atoms. The lowest BCUT2D eigenvalue weighted by molar-refractivity contribution is 0.112. The van der Waals surface area contributed by atoms with Gasteiger partial charge in [0.15, 0.2) is 0 Å². The van der Waals surface area contributed by atoms with Crippen LogP contribution in [0.2, 0.25) is 0 Å². The van der Waals surface area contributed by atoms with Crippen molar-refractivity contribution < 1.29 is 9.53 Å². The molecule has 1 fully saturated rings. The molecule has 0 radical (unpaired) electrons. The molecule has 1 aromatic heterocycles. The number of likely N-dealkylation sites (tertiary alicyclic amines) is 1. The lowest BCUT2D eigenvalue weighted by Crippen LogP contribution is -2.46. The Kier molecular flexibility index (Phi) is 6.25. The van der Waals surface area contributed by atoms with Crippen molar-refractivity contribution in [1.29, 1.82) is 0 Å². The third-order valence-electron chi connectivity index (χ3n) is 5.38. The Morgan fingerprint density at radius 2 is 1.83 bits per heavy atom. The Morgan fingerprint density at radius 1 is 1.03 bits per heavy atom. The number of ether oxygens (including phenoxy) is 1. The van der Waals surface area contributed by atoms with E-state index in [0.717, 1.165) is 42.3 Å². The summed E-state index contributed by atoms with van der Waals surface area (Å²) in [5.74, 6) is 0.826. The number of pyridine rings is 1. The molecule has 0 atom stereocenters. The van der Waals surface area contributed by atoms with Crippen LogP contribution in [0.4, 0.5) is 4.79 Å². The average molecular weight is 389 g/mol. The van der Waals surface area contributed by atoms with E-state index in [2.05, 4.69) is 34.6 Å². The Labute approximate surface area is 171 Å². The summed E-state index contributed by atoms with van der Waals surface area (Å²) in [4.78, 5) is 18.8. The predicted molar refractivity (Wildman–Crippen MR) is 115 cm³/mol. The third-order valence-corrected chi connectivity index (χ3v) is 5.38. The lowest BCUT2D eigenvalue weighted by atomic mass is 10.1. The van der Waals surface area contributed by atoms with Gasteiger partial charge in [-0.3, -0.25) is 4.98 Å². The monoisotopic (exact) mass is 389 g/mol. The van der Waals surface area contributed by atoms with E-state index in [9.17, 15) is 4.79 Å². The Hall–Kier alpha value is -3.08. The number of nitrogens with zero attached hydrogens (tertiary/aromatic N) is 2. The zero-order chi connectivity index (χ0) is 19.9. The molecule has 5 nitrogen and oxygen atoms in total. The van der Waals surface area contributed by atoms with Crippen LogP contribution in [0.5, 0.6) is 5.75 Å². The largest absolute Gasteiger partial charge is 0.488 e. The van der Waals surface area contributed by atoms with Crippen LogP contribution in [0.1, 0.15) is 24.8 Å². The number of rotatable bonds is 6. The number of para-hydroxylation sites is 1. The summed E-state index contributed by atoms with van der Waals surface area (Å²) < 4.78 is 6.22. The first-order valence-electron chi connectivity index (χ1n) is 10.4. The summed E-state index contributed by atoms with van der Waals surface area (Å²) in [6.45, 7) is 2.13. The van der Waals surface area contributed by atoms with E-state index in [4.69, 9.17) is 4.74 Å². The number of carbonyl (C=O) groups is 1. The second-order valence-corrected chi connectivity index (χ2v) is 7.46. The van der Waals surface area contributed by atoms with Crippen molar-refractivity contribution in [2.75, 3.05) is 19.6 Å². The Morgan fingerprint density at radius 3 is 2.66 bits per heavy atom. The van der Waals surface area contributed by atoms with Gasteiger partial charge in [-0.25, -0.2) is 4.79 Å². The number of hydrogen-bond donors (Lipinski definition) is 1. The van der Waals surface area contributed by atoms with Crippen LogP contribution in [0.25, 0.3) is 10.9 Å². The van der Waals surface area contributed by atoms with Gasteiger partial charge in [0.2, 0.25) is 0 Å². The van der Waals surface area contributed by atoms with Gasteiger partial charge < -0.3 is 15.0 Å². The number of amides is 2. The van der Waals surface area contributed by atoms with Crippen LogP contribution < -0.4 is 10.1 Å². The fraction of sp³-hybridized carbons (Fsp3) is 0.333. The van der Waals surface area contributed by atoms with Crippen LogP contribution >= 0.6 is 0 Å². The lowest BCUT2D eigenvalue weighted by Gasteiger charge is -2.32. The number of piperidine rings is 1. The third kappa shape index (κ3) is 5.05.